The number of phenols is 1. The Morgan fingerprint density at radius 2 is 1.48 bits per heavy atom. The van der Waals surface area contributed by atoms with Crippen LogP contribution in [0.15, 0.2) is 53.4 Å². The lowest BCUT2D eigenvalue weighted by Crippen LogP contribution is -2.44. The zero-order valence-electron chi connectivity index (χ0n) is 14.3. The van der Waals surface area contributed by atoms with E-state index in [4.69, 9.17) is 0 Å². The summed E-state index contributed by atoms with van der Waals surface area (Å²) in [5.74, 6) is -0.715. The molecule has 2 rings (SSSR count). The average Bonchev–Trinajstić information content (AvgIpc) is 2.59. The Morgan fingerprint density at radius 1 is 1.00 bits per heavy atom. The van der Waals surface area contributed by atoms with Gasteiger partial charge in [-0.15, -0.1) is 0 Å². The SMILES string of the molecule is COC(=O)[C@@H](NS(=O)(=O)c1ccc(-c2ccc(O)cc2)cc1)C(C)C. The molecule has 0 aliphatic heterocycles. The summed E-state index contributed by atoms with van der Waals surface area (Å²) in [6.07, 6.45) is 0. The van der Waals surface area contributed by atoms with Crippen LogP contribution in [-0.4, -0.2) is 32.6 Å². The minimum atomic E-state index is -3.86. The molecule has 0 unspecified atom stereocenters. The standard InChI is InChI=1S/C18H21NO5S/c1-12(2)17(18(21)24-3)19-25(22,23)16-10-6-14(7-11-16)13-4-8-15(20)9-5-13/h4-12,17,19-20H,1-3H3/t17-/m0/s1. The van der Waals surface area contributed by atoms with Crippen molar-refractivity contribution in [2.75, 3.05) is 7.11 Å². The summed E-state index contributed by atoms with van der Waals surface area (Å²) in [6, 6.07) is 11.9. The number of nitrogens with one attached hydrogen (secondary N) is 1. The summed E-state index contributed by atoms with van der Waals surface area (Å²) in [5.41, 5.74) is 1.66. The molecule has 0 bridgehead atoms. The zero-order chi connectivity index (χ0) is 18.6. The Kier molecular flexibility index (Phi) is 5.81. The van der Waals surface area contributed by atoms with Gasteiger partial charge < -0.3 is 9.84 Å². The largest absolute Gasteiger partial charge is 0.508 e. The maximum Gasteiger partial charge on any atom is 0.324 e. The highest BCUT2D eigenvalue weighted by Gasteiger charge is 2.29. The number of esters is 1. The third kappa shape index (κ3) is 4.58. The van der Waals surface area contributed by atoms with Gasteiger partial charge in [-0.25, -0.2) is 8.42 Å². The van der Waals surface area contributed by atoms with Crippen molar-refractivity contribution in [2.24, 2.45) is 5.92 Å². The summed E-state index contributed by atoms with van der Waals surface area (Å²) in [4.78, 5) is 11.8. The van der Waals surface area contributed by atoms with Gasteiger partial charge in [0.05, 0.1) is 12.0 Å². The predicted molar refractivity (Wildman–Crippen MR) is 94.5 cm³/mol. The van der Waals surface area contributed by atoms with Gasteiger partial charge in [0.15, 0.2) is 0 Å². The van der Waals surface area contributed by atoms with Gasteiger partial charge in [0, 0.05) is 0 Å². The quantitative estimate of drug-likeness (QED) is 0.770. The van der Waals surface area contributed by atoms with Crippen LogP contribution in [-0.2, 0) is 19.6 Å². The molecule has 134 valence electrons. The van der Waals surface area contributed by atoms with Crippen LogP contribution in [0.2, 0.25) is 0 Å². The Morgan fingerprint density at radius 3 is 1.92 bits per heavy atom. The Balaban J connectivity index is 2.25. The summed E-state index contributed by atoms with van der Waals surface area (Å²) in [7, 11) is -2.64. The number of benzene rings is 2. The fourth-order valence-corrected chi connectivity index (χ4v) is 3.63. The number of hydrogen-bond acceptors (Lipinski definition) is 5. The highest BCUT2D eigenvalue weighted by molar-refractivity contribution is 7.89. The van der Waals surface area contributed by atoms with Gasteiger partial charge in [-0.3, -0.25) is 4.79 Å². The fraction of sp³-hybridized carbons (Fsp3) is 0.278. The van der Waals surface area contributed by atoms with Crippen molar-refractivity contribution >= 4 is 16.0 Å². The van der Waals surface area contributed by atoms with E-state index in [9.17, 15) is 18.3 Å². The summed E-state index contributed by atoms with van der Waals surface area (Å²) < 4.78 is 32.1. The van der Waals surface area contributed by atoms with Crippen molar-refractivity contribution in [2.45, 2.75) is 24.8 Å². The van der Waals surface area contributed by atoms with Crippen molar-refractivity contribution in [3.05, 3.63) is 48.5 Å². The number of rotatable bonds is 6. The third-order valence-electron chi connectivity index (χ3n) is 3.77. The van der Waals surface area contributed by atoms with Crippen LogP contribution in [0.5, 0.6) is 5.75 Å². The normalized spacial score (nSPS) is 12.8. The molecule has 2 N–H and O–H groups in total. The molecule has 0 radical (unpaired) electrons. The van der Waals surface area contributed by atoms with Gasteiger partial charge in [-0.2, -0.15) is 4.72 Å². The van der Waals surface area contributed by atoms with E-state index in [0.717, 1.165) is 11.1 Å². The van der Waals surface area contributed by atoms with E-state index in [-0.39, 0.29) is 16.6 Å². The van der Waals surface area contributed by atoms with Gasteiger partial charge in [0.2, 0.25) is 10.0 Å². The van der Waals surface area contributed by atoms with Crippen LogP contribution in [0.1, 0.15) is 13.8 Å². The molecule has 6 nitrogen and oxygen atoms in total. The number of sulfonamides is 1. The highest BCUT2D eigenvalue weighted by Crippen LogP contribution is 2.23. The first-order valence-corrected chi connectivity index (χ1v) is 9.22. The topological polar surface area (TPSA) is 92.7 Å². The molecule has 2 aromatic rings. The summed E-state index contributed by atoms with van der Waals surface area (Å²) in [6.45, 7) is 3.47. The van der Waals surface area contributed by atoms with Crippen molar-refractivity contribution in [1.82, 2.24) is 4.72 Å². The molecule has 7 heteroatoms. The molecule has 0 aliphatic carbocycles. The van der Waals surface area contributed by atoms with Crippen molar-refractivity contribution < 1.29 is 23.1 Å². The molecule has 2 aromatic carbocycles. The van der Waals surface area contributed by atoms with Crippen LogP contribution < -0.4 is 4.72 Å². The van der Waals surface area contributed by atoms with Gasteiger partial charge in [-0.05, 0) is 41.3 Å². The molecule has 25 heavy (non-hydrogen) atoms. The first-order chi connectivity index (χ1) is 11.7. The molecule has 0 aliphatic rings. The van der Waals surface area contributed by atoms with Crippen LogP contribution >= 0.6 is 0 Å². The number of ether oxygens (including phenoxy) is 1. The smallest absolute Gasteiger partial charge is 0.324 e. The minimum Gasteiger partial charge on any atom is -0.508 e. The van der Waals surface area contributed by atoms with Gasteiger partial charge in [0.25, 0.3) is 0 Å². The van der Waals surface area contributed by atoms with E-state index in [2.05, 4.69) is 9.46 Å². The third-order valence-corrected chi connectivity index (χ3v) is 5.23. The van der Waals surface area contributed by atoms with Gasteiger partial charge in [0.1, 0.15) is 11.8 Å². The second-order valence-electron chi connectivity index (χ2n) is 5.94. The number of hydrogen-bond donors (Lipinski definition) is 2. The average molecular weight is 363 g/mol. The van der Waals surface area contributed by atoms with Crippen LogP contribution in [0.4, 0.5) is 0 Å². The number of phenolic OH excluding ortho intramolecular Hbond substituents is 1. The summed E-state index contributed by atoms with van der Waals surface area (Å²) >= 11 is 0. The van der Waals surface area contributed by atoms with E-state index in [1.54, 1.807) is 50.2 Å². The Bertz CT molecular complexity index is 827. The van der Waals surface area contributed by atoms with Crippen molar-refractivity contribution in [3.63, 3.8) is 0 Å². The predicted octanol–water partition coefficient (Wildman–Crippen LogP) is 2.54. The van der Waals surface area contributed by atoms with E-state index in [0.29, 0.717) is 0 Å². The molecule has 0 heterocycles. The number of carbonyl (C=O) groups excluding carboxylic acids is 1. The number of aromatic hydroxyl groups is 1. The van der Waals surface area contributed by atoms with E-state index in [1.165, 1.54) is 19.2 Å². The Hall–Kier alpha value is -2.38. The molecule has 0 aromatic heterocycles. The molecule has 0 saturated carbocycles. The second kappa shape index (κ2) is 7.67. The van der Waals surface area contributed by atoms with Gasteiger partial charge >= 0.3 is 5.97 Å². The maximum absolute atomic E-state index is 12.5. The van der Waals surface area contributed by atoms with Crippen molar-refractivity contribution in [3.8, 4) is 16.9 Å². The molecule has 0 saturated heterocycles. The minimum absolute atomic E-state index is 0.0598. The first kappa shape index (κ1) is 19.0. The van der Waals surface area contributed by atoms with E-state index in [1.807, 2.05) is 0 Å². The zero-order valence-corrected chi connectivity index (χ0v) is 15.1. The molecule has 0 spiro atoms. The van der Waals surface area contributed by atoms with Crippen molar-refractivity contribution in [1.29, 1.82) is 0 Å². The first-order valence-electron chi connectivity index (χ1n) is 7.74. The highest BCUT2D eigenvalue weighted by atomic mass is 32.2. The van der Waals surface area contributed by atoms with Crippen LogP contribution in [0.25, 0.3) is 11.1 Å². The van der Waals surface area contributed by atoms with E-state index < -0.39 is 22.0 Å². The number of carbonyl (C=O) groups is 1. The maximum atomic E-state index is 12.5. The van der Waals surface area contributed by atoms with Crippen LogP contribution in [0.3, 0.4) is 0 Å². The molecule has 0 amide bonds. The second-order valence-corrected chi connectivity index (χ2v) is 7.65. The van der Waals surface area contributed by atoms with Gasteiger partial charge in [-0.1, -0.05) is 38.1 Å². The molecule has 0 fully saturated rings. The fourth-order valence-electron chi connectivity index (χ4n) is 2.30. The molecular weight excluding hydrogens is 342 g/mol. The monoisotopic (exact) mass is 363 g/mol. The van der Waals surface area contributed by atoms with E-state index >= 15 is 0 Å². The number of methoxy groups -OCH3 is 1. The molecular formula is C18H21NO5S. The lowest BCUT2D eigenvalue weighted by molar-refractivity contribution is -0.143. The Labute approximate surface area is 147 Å². The molecule has 1 atom stereocenters. The lowest BCUT2D eigenvalue weighted by Gasteiger charge is -2.19. The van der Waals surface area contributed by atoms with Crippen LogP contribution in [0, 0.1) is 5.92 Å². The summed E-state index contributed by atoms with van der Waals surface area (Å²) in [5, 5.41) is 9.32. The lowest BCUT2D eigenvalue weighted by atomic mass is 10.1.